The maximum Gasteiger partial charge on any atom is 0.254 e. The molecule has 0 spiro atoms. The monoisotopic (exact) mass is 248 g/mol. The lowest BCUT2D eigenvalue weighted by atomic mass is 10.1. The van der Waals surface area contributed by atoms with Crippen molar-refractivity contribution in [2.24, 2.45) is 0 Å². The number of hydrogen-bond acceptors (Lipinski definition) is 2. The number of benzene rings is 1. The Labute approximate surface area is 106 Å². The highest BCUT2D eigenvalue weighted by Gasteiger charge is 2.28. The van der Waals surface area contributed by atoms with Gasteiger partial charge in [-0.15, -0.1) is 11.6 Å². The summed E-state index contributed by atoms with van der Waals surface area (Å²) in [5, 5.41) is 8.70. The van der Waals surface area contributed by atoms with Gasteiger partial charge in [-0.2, -0.15) is 5.26 Å². The highest BCUT2D eigenvalue weighted by Crippen LogP contribution is 2.21. The summed E-state index contributed by atoms with van der Waals surface area (Å²) >= 11 is 5.84. The van der Waals surface area contributed by atoms with Gasteiger partial charge in [0.05, 0.1) is 11.6 Å². The molecular formula is C13H13ClN2O. The second-order valence-electron chi connectivity index (χ2n) is 4.14. The van der Waals surface area contributed by atoms with Gasteiger partial charge in [0.25, 0.3) is 5.91 Å². The Morgan fingerprint density at radius 1 is 1.47 bits per heavy atom. The highest BCUT2D eigenvalue weighted by atomic mass is 35.5. The standard InChI is InChI=1S/C13H13ClN2O/c14-8-12-2-1-7-16(12)13(17)11-5-3-10(9-15)4-6-11/h3-6,12H,1-2,7-8H2. The van der Waals surface area contributed by atoms with Crippen molar-refractivity contribution in [3.63, 3.8) is 0 Å². The van der Waals surface area contributed by atoms with Gasteiger partial charge in [0.15, 0.2) is 0 Å². The first-order valence-corrected chi connectivity index (χ1v) is 6.17. The van der Waals surface area contributed by atoms with Crippen molar-refractivity contribution >= 4 is 17.5 Å². The number of nitriles is 1. The number of carbonyl (C=O) groups is 1. The fourth-order valence-corrected chi connectivity index (χ4v) is 2.44. The fraction of sp³-hybridized carbons (Fsp3) is 0.385. The third-order valence-corrected chi connectivity index (χ3v) is 3.43. The Bertz CT molecular complexity index is 449. The predicted molar refractivity (Wildman–Crippen MR) is 65.9 cm³/mol. The summed E-state index contributed by atoms with van der Waals surface area (Å²) in [4.78, 5) is 14.0. The molecule has 1 amide bonds. The van der Waals surface area contributed by atoms with Crippen LogP contribution in [-0.4, -0.2) is 29.3 Å². The van der Waals surface area contributed by atoms with Gasteiger partial charge in [-0.25, -0.2) is 0 Å². The quantitative estimate of drug-likeness (QED) is 0.755. The molecule has 0 N–H and O–H groups in total. The van der Waals surface area contributed by atoms with E-state index in [1.807, 2.05) is 11.0 Å². The lowest BCUT2D eigenvalue weighted by Gasteiger charge is -2.22. The van der Waals surface area contributed by atoms with E-state index in [0.717, 1.165) is 19.4 Å². The minimum absolute atomic E-state index is 0.0117. The molecule has 1 fully saturated rings. The normalized spacial score (nSPS) is 19.1. The summed E-state index contributed by atoms with van der Waals surface area (Å²) in [6.45, 7) is 0.774. The zero-order chi connectivity index (χ0) is 12.3. The van der Waals surface area contributed by atoms with E-state index in [4.69, 9.17) is 16.9 Å². The Balaban J connectivity index is 2.16. The van der Waals surface area contributed by atoms with Crippen LogP contribution in [0.4, 0.5) is 0 Å². The molecule has 0 aromatic heterocycles. The van der Waals surface area contributed by atoms with E-state index in [2.05, 4.69) is 0 Å². The molecule has 0 saturated carbocycles. The Morgan fingerprint density at radius 3 is 2.76 bits per heavy atom. The van der Waals surface area contributed by atoms with Crippen molar-refractivity contribution in [1.82, 2.24) is 4.90 Å². The Hall–Kier alpha value is -1.53. The second kappa shape index (κ2) is 5.20. The number of nitrogens with zero attached hydrogens (tertiary/aromatic N) is 2. The molecule has 3 nitrogen and oxygen atoms in total. The van der Waals surface area contributed by atoms with E-state index in [9.17, 15) is 4.79 Å². The topological polar surface area (TPSA) is 44.1 Å². The Kier molecular flexibility index (Phi) is 3.65. The molecule has 4 heteroatoms. The minimum Gasteiger partial charge on any atom is -0.334 e. The van der Waals surface area contributed by atoms with Gasteiger partial charge in [0, 0.05) is 24.0 Å². The molecule has 1 unspecified atom stereocenters. The summed E-state index contributed by atoms with van der Waals surface area (Å²) < 4.78 is 0. The largest absolute Gasteiger partial charge is 0.334 e. The SMILES string of the molecule is N#Cc1ccc(C(=O)N2CCCC2CCl)cc1. The first-order chi connectivity index (χ1) is 8.26. The third kappa shape index (κ3) is 2.42. The molecule has 2 rings (SSSR count). The van der Waals surface area contributed by atoms with Crippen LogP contribution in [-0.2, 0) is 0 Å². The molecule has 88 valence electrons. The first kappa shape index (κ1) is 11.9. The maximum absolute atomic E-state index is 12.2. The molecule has 1 aliphatic heterocycles. The molecule has 0 aliphatic carbocycles. The first-order valence-electron chi connectivity index (χ1n) is 5.63. The van der Waals surface area contributed by atoms with E-state index >= 15 is 0 Å². The highest BCUT2D eigenvalue weighted by molar-refractivity contribution is 6.18. The van der Waals surface area contributed by atoms with Gasteiger partial charge in [-0.3, -0.25) is 4.79 Å². The zero-order valence-corrected chi connectivity index (χ0v) is 10.2. The van der Waals surface area contributed by atoms with Gasteiger partial charge in [-0.05, 0) is 37.1 Å². The zero-order valence-electron chi connectivity index (χ0n) is 9.40. The van der Waals surface area contributed by atoms with E-state index in [0.29, 0.717) is 17.0 Å². The van der Waals surface area contributed by atoms with Crippen LogP contribution in [0.3, 0.4) is 0 Å². The van der Waals surface area contributed by atoms with Crippen molar-refractivity contribution in [3.05, 3.63) is 35.4 Å². The second-order valence-corrected chi connectivity index (χ2v) is 4.45. The van der Waals surface area contributed by atoms with Crippen LogP contribution in [0.5, 0.6) is 0 Å². The summed E-state index contributed by atoms with van der Waals surface area (Å²) in [7, 11) is 0. The third-order valence-electron chi connectivity index (χ3n) is 3.08. The lowest BCUT2D eigenvalue weighted by molar-refractivity contribution is 0.0749. The van der Waals surface area contributed by atoms with Crippen LogP contribution in [0.15, 0.2) is 24.3 Å². The van der Waals surface area contributed by atoms with E-state index < -0.39 is 0 Å². The number of hydrogen-bond donors (Lipinski definition) is 0. The summed E-state index contributed by atoms with van der Waals surface area (Å²) in [6, 6.07) is 8.92. The van der Waals surface area contributed by atoms with Gasteiger partial charge in [0.1, 0.15) is 0 Å². The van der Waals surface area contributed by atoms with Crippen LogP contribution in [0.2, 0.25) is 0 Å². The van der Waals surface area contributed by atoms with Crippen molar-refractivity contribution < 1.29 is 4.79 Å². The van der Waals surface area contributed by atoms with Crippen molar-refractivity contribution in [2.45, 2.75) is 18.9 Å². The molecule has 1 saturated heterocycles. The molecule has 1 aromatic rings. The molecule has 1 aliphatic rings. The fourth-order valence-electron chi connectivity index (χ4n) is 2.12. The van der Waals surface area contributed by atoms with Crippen LogP contribution >= 0.6 is 11.6 Å². The van der Waals surface area contributed by atoms with Gasteiger partial charge >= 0.3 is 0 Å². The van der Waals surface area contributed by atoms with Crippen molar-refractivity contribution in [2.75, 3.05) is 12.4 Å². The van der Waals surface area contributed by atoms with Crippen molar-refractivity contribution in [1.29, 1.82) is 5.26 Å². The van der Waals surface area contributed by atoms with Gasteiger partial charge < -0.3 is 4.90 Å². The van der Waals surface area contributed by atoms with Crippen molar-refractivity contribution in [3.8, 4) is 6.07 Å². The molecule has 1 atom stereocenters. The molecule has 17 heavy (non-hydrogen) atoms. The molecule has 1 aromatic carbocycles. The molecule has 1 heterocycles. The number of carbonyl (C=O) groups excluding carboxylic acids is 1. The number of likely N-dealkylation sites (tertiary alicyclic amines) is 1. The van der Waals surface area contributed by atoms with Gasteiger partial charge in [-0.1, -0.05) is 0 Å². The molecule has 0 bridgehead atoms. The van der Waals surface area contributed by atoms with Crippen LogP contribution in [0, 0.1) is 11.3 Å². The van der Waals surface area contributed by atoms with Crippen LogP contribution < -0.4 is 0 Å². The Morgan fingerprint density at radius 2 is 2.18 bits per heavy atom. The van der Waals surface area contributed by atoms with Crippen LogP contribution in [0.1, 0.15) is 28.8 Å². The summed E-state index contributed by atoms with van der Waals surface area (Å²) in [6.07, 6.45) is 1.99. The predicted octanol–water partition coefficient (Wildman–Crippen LogP) is 2.40. The number of alkyl halides is 1. The number of halogens is 1. The molecular weight excluding hydrogens is 236 g/mol. The number of amides is 1. The molecule has 0 radical (unpaired) electrons. The van der Waals surface area contributed by atoms with E-state index in [1.54, 1.807) is 24.3 Å². The number of rotatable bonds is 2. The summed E-state index contributed by atoms with van der Waals surface area (Å²) in [5.41, 5.74) is 1.19. The van der Waals surface area contributed by atoms with Gasteiger partial charge in [0.2, 0.25) is 0 Å². The smallest absolute Gasteiger partial charge is 0.254 e. The van der Waals surface area contributed by atoms with Crippen LogP contribution in [0.25, 0.3) is 0 Å². The average Bonchev–Trinajstić information content (AvgIpc) is 2.86. The minimum atomic E-state index is 0.0117. The lowest BCUT2D eigenvalue weighted by Crippen LogP contribution is -2.36. The van der Waals surface area contributed by atoms with E-state index in [-0.39, 0.29) is 11.9 Å². The maximum atomic E-state index is 12.2. The summed E-state index contributed by atoms with van der Waals surface area (Å²) in [5.74, 6) is 0.500. The average molecular weight is 249 g/mol. The van der Waals surface area contributed by atoms with E-state index in [1.165, 1.54) is 0 Å².